The number of carbonyl (C=O) groups excluding carboxylic acids is 2. The van der Waals surface area contributed by atoms with Crippen LogP contribution < -0.4 is 14.2 Å². The summed E-state index contributed by atoms with van der Waals surface area (Å²) in [5.74, 6) is 0.181. The van der Waals surface area contributed by atoms with Gasteiger partial charge in [-0.2, -0.15) is 0 Å². The largest absolute Gasteiger partial charge is 0.497 e. The fourth-order valence-corrected chi connectivity index (χ4v) is 3.41. The minimum Gasteiger partial charge on any atom is -0.497 e. The summed E-state index contributed by atoms with van der Waals surface area (Å²) in [5.41, 5.74) is 0.243. The van der Waals surface area contributed by atoms with E-state index in [-0.39, 0.29) is 23.6 Å². The van der Waals surface area contributed by atoms with Crippen LogP contribution in [0.4, 0.5) is 0 Å². The van der Waals surface area contributed by atoms with E-state index in [1.807, 2.05) is 0 Å². The molecule has 0 atom stereocenters. The number of aryl methyl sites for hydroxylation is 2. The van der Waals surface area contributed by atoms with Crippen LogP contribution in [0.15, 0.2) is 29.4 Å². The van der Waals surface area contributed by atoms with Crippen molar-refractivity contribution < 1.29 is 32.2 Å². The highest BCUT2D eigenvalue weighted by atomic mass is 32.2. The number of carbonyl (C=O) groups is 2. The molecular weight excluding hydrogens is 402 g/mol. The number of nitrogens with one attached hydrogen (secondary N) is 1. The number of methoxy groups -OCH3 is 2. The van der Waals surface area contributed by atoms with Crippen LogP contribution in [0.25, 0.3) is 0 Å². The molecule has 29 heavy (non-hydrogen) atoms. The third kappa shape index (κ3) is 5.78. The number of rotatable bonds is 10. The van der Waals surface area contributed by atoms with Crippen LogP contribution in [0.5, 0.6) is 11.5 Å². The second kappa shape index (κ2) is 9.52. The lowest BCUT2D eigenvalue weighted by molar-refractivity contribution is -0.142. The van der Waals surface area contributed by atoms with Gasteiger partial charge in [-0.25, -0.2) is 18.1 Å². The summed E-state index contributed by atoms with van der Waals surface area (Å²) in [6, 6.07) is 4.64. The lowest BCUT2D eigenvalue weighted by atomic mass is 10.1. The summed E-state index contributed by atoms with van der Waals surface area (Å²) in [7, 11) is 0.738. The minimum atomic E-state index is -3.83. The van der Waals surface area contributed by atoms with E-state index in [0.717, 1.165) is 0 Å². The number of hydrogen-bond donors (Lipinski definition) is 1. The van der Waals surface area contributed by atoms with Crippen molar-refractivity contribution in [2.75, 3.05) is 27.4 Å². The summed E-state index contributed by atoms with van der Waals surface area (Å²) in [6.07, 6.45) is 1.13. The molecule has 0 aliphatic rings. The molecule has 0 unspecified atom stereocenters. The molecule has 0 radical (unpaired) electrons. The van der Waals surface area contributed by atoms with E-state index in [4.69, 9.17) is 14.2 Å². The number of ketones is 1. The fourth-order valence-electron chi connectivity index (χ4n) is 2.34. The van der Waals surface area contributed by atoms with Gasteiger partial charge in [-0.1, -0.05) is 0 Å². The summed E-state index contributed by atoms with van der Waals surface area (Å²) < 4.78 is 43.3. The van der Waals surface area contributed by atoms with Crippen molar-refractivity contribution in [1.29, 1.82) is 0 Å². The van der Waals surface area contributed by atoms with Gasteiger partial charge in [-0.3, -0.25) is 9.59 Å². The highest BCUT2D eigenvalue weighted by Crippen LogP contribution is 2.25. The van der Waals surface area contributed by atoms with Gasteiger partial charge in [0.1, 0.15) is 17.3 Å². The topological polar surface area (TPSA) is 126 Å². The maximum absolute atomic E-state index is 12.3. The van der Waals surface area contributed by atoms with Crippen molar-refractivity contribution in [3.8, 4) is 11.5 Å². The van der Waals surface area contributed by atoms with Gasteiger partial charge < -0.3 is 18.8 Å². The monoisotopic (exact) mass is 425 g/mol. The zero-order chi connectivity index (χ0) is 21.6. The van der Waals surface area contributed by atoms with Crippen LogP contribution in [-0.4, -0.2) is 57.1 Å². The number of hydrogen-bond acceptors (Lipinski definition) is 8. The number of esters is 1. The summed E-state index contributed by atoms with van der Waals surface area (Å²) in [6.45, 7) is 0.996. The standard InChI is InChI=1S/C18H23N3O7S/c1-12-20-17(10-21(12)2)29(24,25)19-8-7-18(23)28-11-15(22)14-6-5-13(26-3)9-16(14)27-4/h5-6,9-10,19H,7-8,11H2,1-4H3. The maximum atomic E-state index is 12.3. The predicted octanol–water partition coefficient (Wildman–Crippen LogP) is 0.840. The number of Topliss-reactive ketones (excluding diaryl/α,β-unsaturated/α-hetero) is 1. The molecule has 0 spiro atoms. The van der Waals surface area contributed by atoms with E-state index in [9.17, 15) is 18.0 Å². The van der Waals surface area contributed by atoms with Crippen LogP contribution in [0.3, 0.4) is 0 Å². The van der Waals surface area contributed by atoms with Gasteiger partial charge in [0.25, 0.3) is 10.0 Å². The van der Waals surface area contributed by atoms with E-state index in [2.05, 4.69) is 9.71 Å². The Morgan fingerprint density at radius 1 is 1.21 bits per heavy atom. The molecule has 0 saturated heterocycles. The Morgan fingerprint density at radius 3 is 2.52 bits per heavy atom. The van der Waals surface area contributed by atoms with Crippen LogP contribution in [-0.2, 0) is 26.6 Å². The lowest BCUT2D eigenvalue weighted by Gasteiger charge is -2.10. The molecule has 0 saturated carbocycles. The summed E-state index contributed by atoms with van der Waals surface area (Å²) in [5, 5.41) is -0.132. The van der Waals surface area contributed by atoms with Crippen molar-refractivity contribution in [1.82, 2.24) is 14.3 Å². The Kier molecular flexibility index (Phi) is 7.35. The highest BCUT2D eigenvalue weighted by molar-refractivity contribution is 7.89. The zero-order valence-corrected chi connectivity index (χ0v) is 17.4. The normalized spacial score (nSPS) is 11.2. The number of imidazole rings is 1. The molecule has 0 aliphatic carbocycles. The van der Waals surface area contributed by atoms with E-state index in [1.54, 1.807) is 30.7 Å². The van der Waals surface area contributed by atoms with E-state index in [1.165, 1.54) is 26.5 Å². The first-order chi connectivity index (χ1) is 13.7. The SMILES string of the molecule is COc1ccc(C(=O)COC(=O)CCNS(=O)(=O)c2cn(C)c(C)n2)c(OC)c1. The van der Waals surface area contributed by atoms with Gasteiger partial charge in [-0.05, 0) is 19.1 Å². The average molecular weight is 425 g/mol. The molecule has 0 aliphatic heterocycles. The third-order valence-electron chi connectivity index (χ3n) is 4.06. The molecule has 1 heterocycles. The maximum Gasteiger partial charge on any atom is 0.307 e. The minimum absolute atomic E-state index is 0.132. The molecule has 158 valence electrons. The average Bonchev–Trinajstić information content (AvgIpc) is 3.04. The molecule has 11 heteroatoms. The van der Waals surface area contributed by atoms with Crippen molar-refractivity contribution in [2.24, 2.45) is 7.05 Å². The molecule has 1 N–H and O–H groups in total. The van der Waals surface area contributed by atoms with Gasteiger partial charge in [0.2, 0.25) is 5.78 Å². The Labute approximate surface area is 168 Å². The third-order valence-corrected chi connectivity index (χ3v) is 5.39. The first-order valence-electron chi connectivity index (χ1n) is 8.58. The first kappa shape index (κ1) is 22.4. The van der Waals surface area contributed by atoms with Crippen molar-refractivity contribution >= 4 is 21.8 Å². The number of nitrogens with zero attached hydrogens (tertiary/aromatic N) is 2. The molecule has 2 rings (SSSR count). The Bertz CT molecular complexity index is 979. The fraction of sp³-hybridized carbons (Fsp3) is 0.389. The Morgan fingerprint density at radius 2 is 1.93 bits per heavy atom. The van der Waals surface area contributed by atoms with Gasteiger partial charge in [0.15, 0.2) is 11.6 Å². The molecule has 10 nitrogen and oxygen atoms in total. The van der Waals surface area contributed by atoms with Gasteiger partial charge in [0.05, 0.1) is 26.2 Å². The predicted molar refractivity (Wildman–Crippen MR) is 103 cm³/mol. The van der Waals surface area contributed by atoms with Crippen molar-refractivity contribution in [2.45, 2.75) is 18.4 Å². The number of sulfonamides is 1. The molecule has 1 aromatic carbocycles. The number of benzene rings is 1. The Balaban J connectivity index is 1.85. The second-order valence-corrected chi connectivity index (χ2v) is 7.75. The second-order valence-electron chi connectivity index (χ2n) is 6.04. The number of aromatic nitrogens is 2. The molecule has 0 fully saturated rings. The lowest BCUT2D eigenvalue weighted by Crippen LogP contribution is -2.27. The van der Waals surface area contributed by atoms with Crippen LogP contribution in [0.1, 0.15) is 22.6 Å². The van der Waals surface area contributed by atoms with Gasteiger partial charge in [-0.15, -0.1) is 0 Å². The van der Waals surface area contributed by atoms with Gasteiger partial charge >= 0.3 is 5.97 Å². The molecule has 1 aromatic heterocycles. The molecule has 0 bridgehead atoms. The van der Waals surface area contributed by atoms with E-state index in [0.29, 0.717) is 17.3 Å². The summed E-state index contributed by atoms with van der Waals surface area (Å²) >= 11 is 0. The molecule has 2 aromatic rings. The van der Waals surface area contributed by atoms with Crippen molar-refractivity contribution in [3.63, 3.8) is 0 Å². The molecular formula is C18H23N3O7S. The van der Waals surface area contributed by atoms with Crippen molar-refractivity contribution in [3.05, 3.63) is 35.8 Å². The van der Waals surface area contributed by atoms with E-state index >= 15 is 0 Å². The summed E-state index contributed by atoms with van der Waals surface area (Å²) in [4.78, 5) is 28.0. The smallest absolute Gasteiger partial charge is 0.307 e. The van der Waals surface area contributed by atoms with E-state index < -0.39 is 28.4 Å². The van der Waals surface area contributed by atoms with Crippen LogP contribution in [0.2, 0.25) is 0 Å². The van der Waals surface area contributed by atoms with Crippen LogP contribution in [0, 0.1) is 6.92 Å². The molecule has 0 amide bonds. The zero-order valence-electron chi connectivity index (χ0n) is 16.6. The Hall–Kier alpha value is -2.92. The highest BCUT2D eigenvalue weighted by Gasteiger charge is 2.19. The first-order valence-corrected chi connectivity index (χ1v) is 10.1. The quantitative estimate of drug-likeness (QED) is 0.438. The number of ether oxygens (including phenoxy) is 3. The van der Waals surface area contributed by atoms with Crippen LogP contribution >= 0.6 is 0 Å². The van der Waals surface area contributed by atoms with Gasteiger partial charge in [0, 0.05) is 25.9 Å².